The topological polar surface area (TPSA) is 94.2 Å². The van der Waals surface area contributed by atoms with Gasteiger partial charge in [0.1, 0.15) is 17.3 Å². The van der Waals surface area contributed by atoms with Crippen molar-refractivity contribution < 1.29 is 8.94 Å². The summed E-state index contributed by atoms with van der Waals surface area (Å²) in [6, 6.07) is 10.1. The van der Waals surface area contributed by atoms with E-state index in [1.54, 1.807) is 12.1 Å². The molecule has 160 valence electrons. The van der Waals surface area contributed by atoms with E-state index in [1.165, 1.54) is 22.7 Å². The van der Waals surface area contributed by atoms with Crippen LogP contribution in [0.3, 0.4) is 0 Å². The van der Waals surface area contributed by atoms with Gasteiger partial charge in [-0.25, -0.2) is 15.2 Å². The maximum atomic E-state index is 13.8. The average Bonchev–Trinajstić information content (AvgIpc) is 3.19. The van der Waals surface area contributed by atoms with Gasteiger partial charge < -0.3 is 9.45 Å². The van der Waals surface area contributed by atoms with Crippen LogP contribution in [0.2, 0.25) is 0 Å². The number of hydrogen-bond acceptors (Lipinski definition) is 7. The van der Waals surface area contributed by atoms with Crippen LogP contribution in [0.1, 0.15) is 30.0 Å². The van der Waals surface area contributed by atoms with E-state index in [1.807, 2.05) is 12.4 Å². The first-order valence-corrected chi connectivity index (χ1v) is 11.7. The van der Waals surface area contributed by atoms with Gasteiger partial charge in [-0.1, -0.05) is 6.07 Å². The smallest absolute Gasteiger partial charge is 0.227 e. The van der Waals surface area contributed by atoms with Crippen LogP contribution in [-0.2, 0) is 17.6 Å². The number of halogens is 1. The quantitative estimate of drug-likeness (QED) is 0.380. The highest BCUT2D eigenvalue weighted by atomic mass is 32.2. The second-order valence-electron chi connectivity index (χ2n) is 7.81. The highest BCUT2D eigenvalue weighted by molar-refractivity contribution is 7.91. The fourth-order valence-electron chi connectivity index (χ4n) is 4.27. The molecule has 0 bridgehead atoms. The molecule has 5 rings (SSSR count). The summed E-state index contributed by atoms with van der Waals surface area (Å²) in [7, 11) is 0. The molecule has 9 heteroatoms. The Hall–Kier alpha value is -2.75. The number of aryl methyl sites for hydroxylation is 1. The van der Waals surface area contributed by atoms with Crippen LogP contribution in [0.4, 0.5) is 21.8 Å². The SMILES string of the molecule is NN(c1cccc(F)c1)c1nc(N2CCC(c3ccncc3)CC2)nc2c1[S+]([O-])CC2. The van der Waals surface area contributed by atoms with E-state index in [0.29, 0.717) is 40.4 Å². The molecule has 2 aromatic heterocycles. The van der Waals surface area contributed by atoms with Crippen LogP contribution in [0.25, 0.3) is 0 Å². The first-order chi connectivity index (χ1) is 15.1. The van der Waals surface area contributed by atoms with Gasteiger partial charge in [0.15, 0.2) is 0 Å². The lowest BCUT2D eigenvalue weighted by Gasteiger charge is -2.33. The highest BCUT2D eigenvalue weighted by Gasteiger charge is 2.35. The number of piperidine rings is 1. The number of aromatic nitrogens is 3. The van der Waals surface area contributed by atoms with Gasteiger partial charge in [0.2, 0.25) is 16.7 Å². The molecule has 2 aliphatic rings. The number of pyridine rings is 1. The molecular weight excluding hydrogens is 415 g/mol. The molecule has 0 saturated carbocycles. The molecule has 2 aliphatic heterocycles. The van der Waals surface area contributed by atoms with Gasteiger partial charge in [0.25, 0.3) is 0 Å². The molecule has 1 atom stereocenters. The molecule has 31 heavy (non-hydrogen) atoms. The monoisotopic (exact) mass is 438 g/mol. The molecule has 0 amide bonds. The van der Waals surface area contributed by atoms with Crippen molar-refractivity contribution in [3.05, 3.63) is 65.9 Å². The predicted octanol–water partition coefficient (Wildman–Crippen LogP) is 3.07. The molecule has 1 aromatic carbocycles. The van der Waals surface area contributed by atoms with Gasteiger partial charge in [-0.05, 0) is 65.8 Å². The van der Waals surface area contributed by atoms with Crippen molar-refractivity contribution in [2.24, 2.45) is 5.84 Å². The summed E-state index contributed by atoms with van der Waals surface area (Å²) in [6.07, 6.45) is 6.26. The van der Waals surface area contributed by atoms with Gasteiger partial charge in [-0.15, -0.1) is 0 Å². The molecule has 1 saturated heterocycles. The van der Waals surface area contributed by atoms with E-state index in [2.05, 4.69) is 22.0 Å². The summed E-state index contributed by atoms with van der Waals surface area (Å²) in [5.74, 6) is 7.91. The van der Waals surface area contributed by atoms with E-state index >= 15 is 0 Å². The average molecular weight is 439 g/mol. The predicted molar refractivity (Wildman–Crippen MR) is 118 cm³/mol. The van der Waals surface area contributed by atoms with Crippen LogP contribution in [-0.4, -0.2) is 38.3 Å². The summed E-state index contributed by atoms with van der Waals surface area (Å²) in [6.45, 7) is 1.64. The lowest BCUT2D eigenvalue weighted by atomic mass is 9.90. The fraction of sp³-hybridized carbons (Fsp3) is 0.318. The molecule has 0 aliphatic carbocycles. The second-order valence-corrected chi connectivity index (χ2v) is 9.32. The lowest BCUT2D eigenvalue weighted by Crippen LogP contribution is -2.35. The van der Waals surface area contributed by atoms with Gasteiger partial charge in [-0.3, -0.25) is 9.99 Å². The Morgan fingerprint density at radius 1 is 1.13 bits per heavy atom. The summed E-state index contributed by atoms with van der Waals surface area (Å²) in [5.41, 5.74) is 2.52. The van der Waals surface area contributed by atoms with Gasteiger partial charge >= 0.3 is 0 Å². The molecule has 1 unspecified atom stereocenters. The van der Waals surface area contributed by atoms with Crippen molar-refractivity contribution in [3.8, 4) is 0 Å². The second kappa shape index (κ2) is 8.41. The molecule has 1 fully saturated rings. The highest BCUT2D eigenvalue weighted by Crippen LogP contribution is 2.37. The maximum Gasteiger partial charge on any atom is 0.227 e. The first kappa shape index (κ1) is 20.2. The Kier molecular flexibility index (Phi) is 5.47. The van der Waals surface area contributed by atoms with E-state index in [-0.39, 0.29) is 0 Å². The normalized spacial score (nSPS) is 18.8. The first-order valence-electron chi connectivity index (χ1n) is 10.3. The van der Waals surface area contributed by atoms with Gasteiger partial charge in [0, 0.05) is 31.9 Å². The Bertz CT molecular complexity index is 1080. The number of nitrogens with zero attached hydrogens (tertiary/aromatic N) is 5. The number of nitrogens with two attached hydrogens (primary N) is 1. The zero-order valence-corrected chi connectivity index (χ0v) is 17.8. The summed E-state index contributed by atoms with van der Waals surface area (Å²) < 4.78 is 26.4. The Morgan fingerprint density at radius 2 is 1.90 bits per heavy atom. The van der Waals surface area contributed by atoms with Crippen molar-refractivity contribution in [2.45, 2.75) is 30.1 Å². The van der Waals surface area contributed by atoms with E-state index < -0.39 is 17.0 Å². The minimum absolute atomic E-state index is 0.387. The zero-order valence-electron chi connectivity index (χ0n) is 16.9. The van der Waals surface area contributed by atoms with Gasteiger partial charge in [-0.2, -0.15) is 4.98 Å². The largest absolute Gasteiger partial charge is 0.611 e. The maximum absolute atomic E-state index is 13.8. The molecule has 4 heterocycles. The van der Waals surface area contributed by atoms with E-state index in [9.17, 15) is 8.94 Å². The molecule has 7 nitrogen and oxygen atoms in total. The van der Waals surface area contributed by atoms with Gasteiger partial charge in [0.05, 0.1) is 5.69 Å². The number of rotatable bonds is 4. The minimum atomic E-state index is -1.22. The van der Waals surface area contributed by atoms with E-state index in [4.69, 9.17) is 15.8 Å². The van der Waals surface area contributed by atoms with Crippen LogP contribution in [0.5, 0.6) is 0 Å². The molecule has 2 N–H and O–H groups in total. The van der Waals surface area contributed by atoms with Crippen LogP contribution >= 0.6 is 0 Å². The van der Waals surface area contributed by atoms with Crippen molar-refractivity contribution in [1.29, 1.82) is 0 Å². The minimum Gasteiger partial charge on any atom is -0.611 e. The van der Waals surface area contributed by atoms with Crippen LogP contribution in [0, 0.1) is 5.82 Å². The molecule has 3 aromatic rings. The molecule has 0 radical (unpaired) electrons. The molecular formula is C22H23FN6OS. The summed E-state index contributed by atoms with van der Waals surface area (Å²) >= 11 is -1.22. The molecule has 0 spiro atoms. The number of hydrogen-bond donors (Lipinski definition) is 1. The standard InChI is InChI=1S/C22H23FN6OS/c23-17-2-1-3-18(14-17)29(24)21-20-19(8-13-31(20)30)26-22(27-21)28-11-6-16(7-12-28)15-4-9-25-10-5-15/h1-5,9-10,14,16H,6-8,11-13,24H2. The lowest BCUT2D eigenvalue weighted by molar-refractivity contribution is 0.498. The van der Waals surface area contributed by atoms with Crippen LogP contribution < -0.4 is 15.8 Å². The Balaban J connectivity index is 1.44. The zero-order chi connectivity index (χ0) is 21.4. The summed E-state index contributed by atoms with van der Waals surface area (Å²) in [5, 5.41) is 1.32. The van der Waals surface area contributed by atoms with Crippen molar-refractivity contribution in [2.75, 3.05) is 28.8 Å². The fourth-order valence-corrected chi connectivity index (χ4v) is 5.61. The van der Waals surface area contributed by atoms with Crippen molar-refractivity contribution >= 4 is 28.6 Å². The third-order valence-electron chi connectivity index (χ3n) is 5.93. The third kappa shape index (κ3) is 3.96. The number of fused-ring (bicyclic) bond motifs is 1. The number of benzene rings is 1. The van der Waals surface area contributed by atoms with E-state index in [0.717, 1.165) is 31.6 Å². The third-order valence-corrected chi connectivity index (χ3v) is 7.38. The van der Waals surface area contributed by atoms with Crippen molar-refractivity contribution in [1.82, 2.24) is 15.0 Å². The number of anilines is 3. The van der Waals surface area contributed by atoms with Crippen LogP contribution in [0.15, 0.2) is 53.7 Å². The van der Waals surface area contributed by atoms with Crippen molar-refractivity contribution in [3.63, 3.8) is 0 Å². The summed E-state index contributed by atoms with van der Waals surface area (Å²) in [4.78, 5) is 16.3. The Morgan fingerprint density at radius 3 is 2.65 bits per heavy atom. The number of hydrazine groups is 1. The Labute approximate surface area is 183 Å².